The third-order valence-electron chi connectivity index (χ3n) is 3.96. The minimum absolute atomic E-state index is 0.0836. The molecule has 0 atom stereocenters. The second-order valence-corrected chi connectivity index (χ2v) is 7.74. The molecule has 1 aliphatic rings. The molecule has 0 bridgehead atoms. The highest BCUT2D eigenvalue weighted by Gasteiger charge is 2.33. The molecule has 126 valence electrons. The molecule has 2 aromatic carbocycles. The van der Waals surface area contributed by atoms with Gasteiger partial charge in [-0.3, -0.25) is 9.52 Å². The van der Waals surface area contributed by atoms with E-state index < -0.39 is 10.0 Å². The molecule has 24 heavy (non-hydrogen) atoms. The lowest BCUT2D eigenvalue weighted by molar-refractivity contribution is -0.116. The number of hydrogen-bond donors (Lipinski definition) is 1. The lowest BCUT2D eigenvalue weighted by Crippen LogP contribution is -2.31. The van der Waals surface area contributed by atoms with Gasteiger partial charge in [0.15, 0.2) is 0 Å². The van der Waals surface area contributed by atoms with E-state index in [1.807, 2.05) is 13.0 Å². The van der Waals surface area contributed by atoms with Crippen molar-refractivity contribution in [2.75, 3.05) is 9.62 Å². The molecular weight excluding hydrogens is 324 g/mol. The molecule has 5 nitrogen and oxygen atoms in total. The zero-order valence-corrected chi connectivity index (χ0v) is 14.5. The normalized spacial score (nSPS) is 14.2. The van der Waals surface area contributed by atoms with Crippen LogP contribution in [-0.4, -0.2) is 20.4 Å². The summed E-state index contributed by atoms with van der Waals surface area (Å²) in [7, 11) is -3.71. The monoisotopic (exact) mass is 344 g/mol. The molecule has 0 saturated heterocycles. The van der Waals surface area contributed by atoms with Crippen molar-refractivity contribution in [1.29, 1.82) is 0 Å². The summed E-state index contributed by atoms with van der Waals surface area (Å²) in [6.07, 6.45) is 1.89. The fraction of sp³-hybridized carbons (Fsp3) is 0.278. The number of aryl methyl sites for hydroxylation is 1. The van der Waals surface area contributed by atoms with E-state index in [0.29, 0.717) is 11.4 Å². The van der Waals surface area contributed by atoms with E-state index in [-0.39, 0.29) is 16.8 Å². The van der Waals surface area contributed by atoms with Crippen LogP contribution < -0.4 is 9.62 Å². The lowest BCUT2D eigenvalue weighted by Gasteiger charge is -2.24. The molecule has 6 heteroatoms. The van der Waals surface area contributed by atoms with Crippen LogP contribution in [0.4, 0.5) is 11.4 Å². The fourth-order valence-corrected chi connectivity index (χ4v) is 3.89. The van der Waals surface area contributed by atoms with Crippen molar-refractivity contribution in [1.82, 2.24) is 0 Å². The van der Waals surface area contributed by atoms with E-state index in [2.05, 4.69) is 4.72 Å². The first-order chi connectivity index (χ1) is 11.4. The molecule has 1 amide bonds. The predicted molar refractivity (Wildman–Crippen MR) is 94.6 cm³/mol. The summed E-state index contributed by atoms with van der Waals surface area (Å²) in [5.41, 5.74) is 1.89. The molecule has 0 spiro atoms. The van der Waals surface area contributed by atoms with E-state index in [0.717, 1.165) is 18.4 Å². The summed E-state index contributed by atoms with van der Waals surface area (Å²) in [6, 6.07) is 13.9. The van der Waals surface area contributed by atoms with Crippen LogP contribution in [0.25, 0.3) is 0 Å². The van der Waals surface area contributed by atoms with Gasteiger partial charge in [0.1, 0.15) is 0 Å². The summed E-state index contributed by atoms with van der Waals surface area (Å²) in [6.45, 7) is 3.35. The Balaban J connectivity index is 1.97. The number of amides is 1. The first kappa shape index (κ1) is 16.5. The van der Waals surface area contributed by atoms with Gasteiger partial charge in [-0.2, -0.15) is 0 Å². The van der Waals surface area contributed by atoms with Crippen LogP contribution in [0.5, 0.6) is 0 Å². The van der Waals surface area contributed by atoms with Crippen LogP contribution in [-0.2, 0) is 14.8 Å². The quantitative estimate of drug-likeness (QED) is 0.905. The second-order valence-electron chi connectivity index (χ2n) is 6.06. The maximum absolute atomic E-state index is 12.7. The van der Waals surface area contributed by atoms with Crippen LogP contribution in [0.3, 0.4) is 0 Å². The third-order valence-corrected chi connectivity index (χ3v) is 5.32. The first-order valence-electron chi connectivity index (χ1n) is 7.87. The van der Waals surface area contributed by atoms with Crippen molar-refractivity contribution in [2.45, 2.75) is 37.6 Å². The molecule has 0 aromatic heterocycles. The summed E-state index contributed by atoms with van der Waals surface area (Å²) >= 11 is 0. The topological polar surface area (TPSA) is 66.5 Å². The Morgan fingerprint density at radius 1 is 1.12 bits per heavy atom. The first-order valence-corrected chi connectivity index (χ1v) is 9.35. The van der Waals surface area contributed by atoms with Crippen molar-refractivity contribution < 1.29 is 13.2 Å². The van der Waals surface area contributed by atoms with Crippen LogP contribution in [0.15, 0.2) is 53.4 Å². The summed E-state index contributed by atoms with van der Waals surface area (Å²) < 4.78 is 28.0. The van der Waals surface area contributed by atoms with Gasteiger partial charge >= 0.3 is 0 Å². The van der Waals surface area contributed by atoms with Crippen LogP contribution in [0.2, 0.25) is 0 Å². The Morgan fingerprint density at radius 3 is 2.46 bits per heavy atom. The number of nitrogens with one attached hydrogen (secondary N) is 1. The minimum Gasteiger partial charge on any atom is -0.308 e. The average Bonchev–Trinajstić information content (AvgIpc) is 3.33. The van der Waals surface area contributed by atoms with Crippen LogP contribution >= 0.6 is 0 Å². The minimum atomic E-state index is -3.71. The summed E-state index contributed by atoms with van der Waals surface area (Å²) in [5, 5.41) is 0. The van der Waals surface area contributed by atoms with E-state index in [4.69, 9.17) is 0 Å². The lowest BCUT2D eigenvalue weighted by atomic mass is 10.2. The number of benzene rings is 2. The summed E-state index contributed by atoms with van der Waals surface area (Å²) in [5.74, 6) is -0.0836. The average molecular weight is 344 g/mol. The van der Waals surface area contributed by atoms with Gasteiger partial charge in [-0.15, -0.1) is 0 Å². The zero-order valence-electron chi connectivity index (χ0n) is 13.7. The van der Waals surface area contributed by atoms with Crippen molar-refractivity contribution in [3.8, 4) is 0 Å². The number of anilines is 2. The molecule has 0 radical (unpaired) electrons. The van der Waals surface area contributed by atoms with Gasteiger partial charge in [0, 0.05) is 13.0 Å². The molecule has 2 aromatic rings. The Morgan fingerprint density at radius 2 is 1.83 bits per heavy atom. The van der Waals surface area contributed by atoms with Gasteiger partial charge in [0.2, 0.25) is 5.91 Å². The number of nitrogens with zero attached hydrogens (tertiary/aromatic N) is 1. The summed E-state index contributed by atoms with van der Waals surface area (Å²) in [4.78, 5) is 13.9. The largest absolute Gasteiger partial charge is 0.308 e. The van der Waals surface area contributed by atoms with Crippen molar-refractivity contribution in [2.24, 2.45) is 0 Å². The van der Waals surface area contributed by atoms with Gasteiger partial charge in [0.25, 0.3) is 10.0 Å². The standard InChI is InChI=1S/C18H20N2O3S/c1-13-6-5-7-16(12-13)24(22,23)19-17-8-3-4-9-18(17)20(14(2)21)15-10-11-15/h3-9,12,15,19H,10-11H2,1-2H3. The molecule has 1 aliphatic carbocycles. The predicted octanol–water partition coefficient (Wildman–Crippen LogP) is 3.31. The Hall–Kier alpha value is -2.34. The van der Waals surface area contributed by atoms with Crippen molar-refractivity contribution in [3.05, 3.63) is 54.1 Å². The highest BCUT2D eigenvalue weighted by atomic mass is 32.2. The number of sulfonamides is 1. The number of carbonyl (C=O) groups excluding carboxylic acids is 1. The third kappa shape index (κ3) is 3.43. The van der Waals surface area contributed by atoms with Crippen LogP contribution in [0, 0.1) is 6.92 Å². The Bertz CT molecular complexity index is 873. The molecule has 1 N–H and O–H groups in total. The van der Waals surface area contributed by atoms with Crippen molar-refractivity contribution >= 4 is 27.3 Å². The second kappa shape index (κ2) is 6.28. The molecular formula is C18H20N2O3S. The van der Waals surface area contributed by atoms with Gasteiger partial charge in [0.05, 0.1) is 16.3 Å². The maximum Gasteiger partial charge on any atom is 0.261 e. The molecule has 0 heterocycles. The highest BCUT2D eigenvalue weighted by molar-refractivity contribution is 7.92. The van der Waals surface area contributed by atoms with Crippen molar-refractivity contribution in [3.63, 3.8) is 0 Å². The Labute approximate surface area is 142 Å². The smallest absolute Gasteiger partial charge is 0.261 e. The fourth-order valence-electron chi connectivity index (χ4n) is 2.71. The number of rotatable bonds is 5. The molecule has 0 aliphatic heterocycles. The molecule has 1 fully saturated rings. The van der Waals surface area contributed by atoms with Gasteiger partial charge in [-0.1, -0.05) is 24.3 Å². The highest BCUT2D eigenvalue weighted by Crippen LogP contribution is 2.36. The molecule has 0 unspecified atom stereocenters. The zero-order chi connectivity index (χ0) is 17.3. The van der Waals surface area contributed by atoms with Crippen LogP contribution in [0.1, 0.15) is 25.3 Å². The number of para-hydroxylation sites is 2. The SMILES string of the molecule is CC(=O)N(c1ccccc1NS(=O)(=O)c1cccc(C)c1)C1CC1. The van der Waals surface area contributed by atoms with Gasteiger partial charge in [-0.05, 0) is 49.6 Å². The maximum atomic E-state index is 12.7. The number of hydrogen-bond acceptors (Lipinski definition) is 3. The van der Waals surface area contributed by atoms with E-state index in [9.17, 15) is 13.2 Å². The van der Waals surface area contributed by atoms with Gasteiger partial charge in [-0.25, -0.2) is 8.42 Å². The van der Waals surface area contributed by atoms with E-state index in [1.54, 1.807) is 47.4 Å². The Kier molecular flexibility index (Phi) is 4.32. The van der Waals surface area contributed by atoms with Gasteiger partial charge < -0.3 is 4.90 Å². The molecule has 1 saturated carbocycles. The molecule has 3 rings (SSSR count). The van der Waals surface area contributed by atoms with E-state index >= 15 is 0 Å². The van der Waals surface area contributed by atoms with E-state index in [1.165, 1.54) is 6.92 Å². The number of carbonyl (C=O) groups is 1.